The lowest BCUT2D eigenvalue weighted by Crippen LogP contribution is -2.30. The second-order valence-electron chi connectivity index (χ2n) is 6.32. The molecule has 3 rings (SSSR count). The maximum atomic E-state index is 12.3. The van der Waals surface area contributed by atoms with Crippen molar-refractivity contribution in [2.24, 2.45) is 7.05 Å². The molecule has 3 aromatic rings. The average molecular weight is 336 g/mol. The summed E-state index contributed by atoms with van der Waals surface area (Å²) in [5, 5.41) is 6.40. The van der Waals surface area contributed by atoms with E-state index < -0.39 is 0 Å². The molecule has 2 heterocycles. The molecular weight excluding hydrogens is 312 g/mol. The molecular formula is C20H24N4O. The summed E-state index contributed by atoms with van der Waals surface area (Å²) in [6.45, 7) is 6.42. The number of ketones is 1. The van der Waals surface area contributed by atoms with E-state index in [0.717, 1.165) is 40.7 Å². The minimum absolute atomic E-state index is 0.207. The summed E-state index contributed by atoms with van der Waals surface area (Å²) in [6, 6.07) is 8.29. The fraction of sp³-hybridized carbons (Fsp3) is 0.350. The second-order valence-corrected chi connectivity index (χ2v) is 6.32. The average Bonchev–Trinajstić information content (AvgIpc) is 3.05. The molecule has 0 aliphatic carbocycles. The van der Waals surface area contributed by atoms with Crippen molar-refractivity contribution < 1.29 is 4.79 Å². The number of aryl methyl sites for hydroxylation is 1. The number of rotatable bonds is 7. The predicted octanol–water partition coefficient (Wildman–Crippen LogP) is 3.09. The molecule has 1 aromatic carbocycles. The number of aromatic nitrogens is 3. The Balaban J connectivity index is 1.82. The first kappa shape index (κ1) is 17.3. The molecule has 0 spiro atoms. The van der Waals surface area contributed by atoms with Crippen LogP contribution in [0.15, 0.2) is 42.9 Å². The number of carbonyl (C=O) groups is 1. The normalized spacial score (nSPS) is 11.4. The van der Waals surface area contributed by atoms with Crippen LogP contribution in [0.1, 0.15) is 19.5 Å². The van der Waals surface area contributed by atoms with Gasteiger partial charge in [-0.05, 0) is 36.2 Å². The SMILES string of the molecule is CCN(CC)CC(=O)Cc1cc2cc(-c3cnn(C)c3)ccc2cn1. The van der Waals surface area contributed by atoms with Gasteiger partial charge in [0.1, 0.15) is 0 Å². The van der Waals surface area contributed by atoms with Crippen LogP contribution in [0.5, 0.6) is 0 Å². The molecule has 0 saturated carbocycles. The summed E-state index contributed by atoms with van der Waals surface area (Å²) in [5.74, 6) is 0.207. The number of fused-ring (bicyclic) bond motifs is 1. The molecule has 0 amide bonds. The maximum Gasteiger partial charge on any atom is 0.152 e. The highest BCUT2D eigenvalue weighted by Crippen LogP contribution is 2.24. The number of benzene rings is 1. The number of hydrogen-bond acceptors (Lipinski definition) is 4. The van der Waals surface area contributed by atoms with Crippen LogP contribution in [-0.4, -0.2) is 45.1 Å². The van der Waals surface area contributed by atoms with E-state index >= 15 is 0 Å². The zero-order valence-electron chi connectivity index (χ0n) is 15.1. The summed E-state index contributed by atoms with van der Waals surface area (Å²) < 4.78 is 1.80. The molecule has 2 aromatic heterocycles. The van der Waals surface area contributed by atoms with E-state index in [-0.39, 0.29) is 5.78 Å². The lowest BCUT2D eigenvalue weighted by atomic mass is 10.0. The Hall–Kier alpha value is -2.53. The molecule has 5 heteroatoms. The zero-order chi connectivity index (χ0) is 17.8. The summed E-state index contributed by atoms with van der Waals surface area (Å²) in [7, 11) is 1.91. The third kappa shape index (κ3) is 4.12. The highest BCUT2D eigenvalue weighted by molar-refractivity contribution is 5.88. The Morgan fingerprint density at radius 3 is 2.56 bits per heavy atom. The van der Waals surface area contributed by atoms with Crippen LogP contribution in [0.2, 0.25) is 0 Å². The molecule has 0 fully saturated rings. The van der Waals surface area contributed by atoms with Crippen molar-refractivity contribution in [2.75, 3.05) is 19.6 Å². The van der Waals surface area contributed by atoms with Crippen LogP contribution in [0.25, 0.3) is 21.9 Å². The van der Waals surface area contributed by atoms with Crippen LogP contribution in [0, 0.1) is 0 Å². The van der Waals surface area contributed by atoms with Crippen molar-refractivity contribution in [3.63, 3.8) is 0 Å². The van der Waals surface area contributed by atoms with Gasteiger partial charge >= 0.3 is 0 Å². The van der Waals surface area contributed by atoms with Crippen LogP contribution >= 0.6 is 0 Å². The van der Waals surface area contributed by atoms with Gasteiger partial charge in [0.15, 0.2) is 5.78 Å². The molecule has 5 nitrogen and oxygen atoms in total. The molecule has 0 aliphatic rings. The van der Waals surface area contributed by atoms with Gasteiger partial charge in [-0.1, -0.05) is 26.0 Å². The number of pyridine rings is 1. The van der Waals surface area contributed by atoms with Gasteiger partial charge < -0.3 is 0 Å². The van der Waals surface area contributed by atoms with Gasteiger partial charge in [-0.15, -0.1) is 0 Å². The summed E-state index contributed by atoms with van der Waals surface area (Å²) in [6.07, 6.45) is 6.08. The summed E-state index contributed by atoms with van der Waals surface area (Å²) in [5.41, 5.74) is 3.03. The molecule has 0 saturated heterocycles. The van der Waals surface area contributed by atoms with E-state index in [1.54, 1.807) is 4.68 Å². The molecule has 25 heavy (non-hydrogen) atoms. The second kappa shape index (κ2) is 7.57. The molecule has 0 N–H and O–H groups in total. The van der Waals surface area contributed by atoms with Crippen LogP contribution in [0.4, 0.5) is 0 Å². The van der Waals surface area contributed by atoms with Crippen molar-refractivity contribution in [1.29, 1.82) is 0 Å². The van der Waals surface area contributed by atoms with E-state index in [4.69, 9.17) is 0 Å². The minimum Gasteiger partial charge on any atom is -0.298 e. The number of hydrogen-bond donors (Lipinski definition) is 0. The maximum absolute atomic E-state index is 12.3. The third-order valence-corrected chi connectivity index (χ3v) is 4.49. The summed E-state index contributed by atoms with van der Waals surface area (Å²) >= 11 is 0. The highest BCUT2D eigenvalue weighted by atomic mass is 16.1. The third-order valence-electron chi connectivity index (χ3n) is 4.49. The van der Waals surface area contributed by atoms with Crippen molar-refractivity contribution in [2.45, 2.75) is 20.3 Å². The van der Waals surface area contributed by atoms with Gasteiger partial charge in [0.2, 0.25) is 0 Å². The van der Waals surface area contributed by atoms with Gasteiger partial charge in [-0.2, -0.15) is 5.10 Å². The summed E-state index contributed by atoms with van der Waals surface area (Å²) in [4.78, 5) is 18.9. The Morgan fingerprint density at radius 1 is 1.08 bits per heavy atom. The smallest absolute Gasteiger partial charge is 0.152 e. The molecule has 130 valence electrons. The molecule has 0 aliphatic heterocycles. The van der Waals surface area contributed by atoms with Crippen molar-refractivity contribution in [3.05, 3.63) is 48.5 Å². The van der Waals surface area contributed by atoms with Gasteiger partial charge in [0, 0.05) is 36.1 Å². The Kier molecular flexibility index (Phi) is 5.24. The van der Waals surface area contributed by atoms with Crippen molar-refractivity contribution in [3.8, 4) is 11.1 Å². The molecule has 0 unspecified atom stereocenters. The number of Topliss-reactive ketones (excluding diaryl/α,β-unsaturated/α-hetero) is 1. The Bertz CT molecular complexity index is 880. The van der Waals surface area contributed by atoms with Gasteiger partial charge in [-0.3, -0.25) is 19.4 Å². The predicted molar refractivity (Wildman–Crippen MR) is 100 cm³/mol. The number of carbonyl (C=O) groups excluding carboxylic acids is 1. The first-order valence-corrected chi connectivity index (χ1v) is 8.70. The number of nitrogens with zero attached hydrogens (tertiary/aromatic N) is 4. The van der Waals surface area contributed by atoms with Crippen molar-refractivity contribution in [1.82, 2.24) is 19.7 Å². The quantitative estimate of drug-likeness (QED) is 0.665. The highest BCUT2D eigenvalue weighted by Gasteiger charge is 2.10. The lowest BCUT2D eigenvalue weighted by molar-refractivity contribution is -0.119. The van der Waals surface area contributed by atoms with Gasteiger partial charge in [0.25, 0.3) is 0 Å². The molecule has 0 atom stereocenters. The van der Waals surface area contributed by atoms with Gasteiger partial charge in [-0.25, -0.2) is 0 Å². The Morgan fingerprint density at radius 2 is 1.88 bits per heavy atom. The number of likely N-dealkylation sites (N-methyl/N-ethyl adjacent to an activating group) is 1. The van der Waals surface area contributed by atoms with Crippen LogP contribution < -0.4 is 0 Å². The van der Waals surface area contributed by atoms with E-state index in [2.05, 4.69) is 47.0 Å². The topological polar surface area (TPSA) is 51.0 Å². The zero-order valence-corrected chi connectivity index (χ0v) is 15.1. The first-order valence-electron chi connectivity index (χ1n) is 8.70. The lowest BCUT2D eigenvalue weighted by Gasteiger charge is -2.16. The van der Waals surface area contributed by atoms with E-state index in [1.807, 2.05) is 31.7 Å². The Labute approximate surface area is 148 Å². The van der Waals surface area contributed by atoms with E-state index in [9.17, 15) is 4.79 Å². The monoisotopic (exact) mass is 336 g/mol. The fourth-order valence-electron chi connectivity index (χ4n) is 2.99. The van der Waals surface area contributed by atoms with E-state index in [0.29, 0.717) is 13.0 Å². The molecule has 0 radical (unpaired) electrons. The van der Waals surface area contributed by atoms with Crippen LogP contribution in [0.3, 0.4) is 0 Å². The van der Waals surface area contributed by atoms with E-state index in [1.165, 1.54) is 0 Å². The van der Waals surface area contributed by atoms with Crippen molar-refractivity contribution >= 4 is 16.6 Å². The molecule has 0 bridgehead atoms. The standard InChI is InChI=1S/C20H24N4O/c1-4-24(5-2)14-20(25)10-19-9-17-8-15(6-7-16(17)11-21-19)18-12-22-23(3)13-18/h6-9,11-13H,4-5,10,14H2,1-3H3. The van der Waals surface area contributed by atoms with Crippen LogP contribution in [-0.2, 0) is 18.3 Å². The fourth-order valence-corrected chi connectivity index (χ4v) is 2.99. The van der Waals surface area contributed by atoms with Gasteiger partial charge in [0.05, 0.1) is 19.2 Å². The first-order chi connectivity index (χ1) is 12.1. The minimum atomic E-state index is 0.207. The largest absolute Gasteiger partial charge is 0.298 e.